The normalized spacial score (nSPS) is 17.3. The van der Waals surface area contributed by atoms with E-state index in [1.165, 1.54) is 17.4 Å². The van der Waals surface area contributed by atoms with Crippen molar-refractivity contribution in [1.82, 2.24) is 4.31 Å². The standard InChI is InChI=1S/C23H33FN2O4S/c1-5-13-23(3,30-16-22(25)27)20-12-11-19(21(24)14-20)15-26(4)31(28,29)17(2)18-9-7-6-8-10-18/h7,9-12,14,17H,5-6,8,13,15-16H2,1-4H3,(H2,25,27)/t17-,23?/m1/s1. The maximum atomic E-state index is 14.9. The van der Waals surface area contributed by atoms with Crippen LogP contribution >= 0.6 is 0 Å². The molecule has 0 bridgehead atoms. The minimum atomic E-state index is -3.65. The largest absolute Gasteiger partial charge is 0.368 e. The summed E-state index contributed by atoms with van der Waals surface area (Å²) < 4.78 is 47.7. The number of nitrogens with zero attached hydrogens (tertiary/aromatic N) is 1. The van der Waals surface area contributed by atoms with Crippen LogP contribution < -0.4 is 5.73 Å². The molecule has 172 valence electrons. The lowest BCUT2D eigenvalue weighted by molar-refractivity contribution is -0.130. The molecule has 0 fully saturated rings. The molecule has 1 unspecified atom stereocenters. The Kier molecular flexibility index (Phi) is 8.57. The summed E-state index contributed by atoms with van der Waals surface area (Å²) in [6.07, 6.45) is 8.81. The number of nitrogens with two attached hydrogens (primary N) is 1. The molecule has 0 spiro atoms. The summed E-state index contributed by atoms with van der Waals surface area (Å²) in [7, 11) is -2.19. The second-order valence-corrected chi connectivity index (χ2v) is 10.5. The molecule has 1 aliphatic carbocycles. The topological polar surface area (TPSA) is 89.7 Å². The number of rotatable bonds is 11. The van der Waals surface area contributed by atoms with Gasteiger partial charge in [0.05, 0.1) is 10.9 Å². The number of hydrogen-bond acceptors (Lipinski definition) is 4. The number of carbonyl (C=O) groups excluding carboxylic acids is 1. The second kappa shape index (κ2) is 10.5. The molecule has 0 aliphatic heterocycles. The van der Waals surface area contributed by atoms with E-state index in [-0.39, 0.29) is 18.7 Å². The molecule has 0 saturated heterocycles. The fraction of sp³-hybridized carbons (Fsp3) is 0.522. The van der Waals surface area contributed by atoms with Crippen molar-refractivity contribution < 1.29 is 22.3 Å². The van der Waals surface area contributed by atoms with Crippen molar-refractivity contribution in [2.75, 3.05) is 13.7 Å². The van der Waals surface area contributed by atoms with Gasteiger partial charge in [0.15, 0.2) is 0 Å². The Morgan fingerprint density at radius 1 is 1.35 bits per heavy atom. The molecule has 0 heterocycles. The molecule has 1 aliphatic rings. The molecule has 6 nitrogen and oxygen atoms in total. The zero-order valence-electron chi connectivity index (χ0n) is 18.7. The molecule has 0 aromatic heterocycles. The molecule has 8 heteroatoms. The van der Waals surface area contributed by atoms with Crippen LogP contribution in [0.4, 0.5) is 4.39 Å². The maximum absolute atomic E-state index is 14.9. The summed E-state index contributed by atoms with van der Waals surface area (Å²) in [5, 5.41) is -0.702. The van der Waals surface area contributed by atoms with Gasteiger partial charge < -0.3 is 10.5 Å². The van der Waals surface area contributed by atoms with E-state index in [9.17, 15) is 17.6 Å². The Labute approximate surface area is 185 Å². The van der Waals surface area contributed by atoms with Crippen LogP contribution in [-0.4, -0.2) is 37.5 Å². The van der Waals surface area contributed by atoms with Gasteiger partial charge in [0, 0.05) is 19.2 Å². The highest BCUT2D eigenvalue weighted by molar-refractivity contribution is 7.89. The first-order valence-electron chi connectivity index (χ1n) is 10.5. The van der Waals surface area contributed by atoms with E-state index in [1.807, 2.05) is 25.2 Å². The number of amides is 1. The summed E-state index contributed by atoms with van der Waals surface area (Å²) in [6.45, 7) is 5.07. The Morgan fingerprint density at radius 2 is 2.06 bits per heavy atom. The van der Waals surface area contributed by atoms with Gasteiger partial charge in [0.25, 0.3) is 0 Å². The third kappa shape index (κ3) is 6.24. The van der Waals surface area contributed by atoms with Gasteiger partial charge in [-0.25, -0.2) is 12.8 Å². The van der Waals surface area contributed by atoms with E-state index < -0.39 is 32.6 Å². The van der Waals surface area contributed by atoms with Gasteiger partial charge in [-0.1, -0.05) is 43.7 Å². The van der Waals surface area contributed by atoms with Crippen molar-refractivity contribution in [2.45, 2.75) is 63.9 Å². The van der Waals surface area contributed by atoms with E-state index in [4.69, 9.17) is 10.5 Å². The Bertz CT molecular complexity index is 958. The minimum absolute atomic E-state index is 0.0809. The van der Waals surface area contributed by atoms with Gasteiger partial charge in [-0.05, 0) is 50.3 Å². The quantitative estimate of drug-likeness (QED) is 0.553. The average Bonchev–Trinajstić information content (AvgIpc) is 2.73. The Hall–Kier alpha value is -2.03. The van der Waals surface area contributed by atoms with E-state index in [0.29, 0.717) is 12.0 Å². The SMILES string of the molecule is CCCC(C)(OCC(N)=O)c1ccc(CN(C)S(=O)(=O)[C@H](C)C2=CCCC=C2)c(F)c1. The molecule has 0 radical (unpaired) electrons. The van der Waals surface area contributed by atoms with Gasteiger partial charge >= 0.3 is 0 Å². The number of ether oxygens (including phenoxy) is 1. The van der Waals surface area contributed by atoms with Gasteiger partial charge in [0.1, 0.15) is 12.4 Å². The molecule has 2 N–H and O–H groups in total. The van der Waals surface area contributed by atoms with Crippen molar-refractivity contribution in [2.24, 2.45) is 5.73 Å². The molecule has 0 saturated carbocycles. The van der Waals surface area contributed by atoms with E-state index >= 15 is 0 Å². The van der Waals surface area contributed by atoms with E-state index in [0.717, 1.165) is 24.8 Å². The van der Waals surface area contributed by atoms with Gasteiger partial charge in [0.2, 0.25) is 15.9 Å². The average molecular weight is 453 g/mol. The highest BCUT2D eigenvalue weighted by atomic mass is 32.2. The summed E-state index contributed by atoms with van der Waals surface area (Å²) >= 11 is 0. The first-order chi connectivity index (χ1) is 14.5. The van der Waals surface area contributed by atoms with Gasteiger partial charge in [-0.3, -0.25) is 4.79 Å². The lowest BCUT2D eigenvalue weighted by Gasteiger charge is -2.30. The fourth-order valence-electron chi connectivity index (χ4n) is 3.72. The summed E-state index contributed by atoms with van der Waals surface area (Å²) in [4.78, 5) is 11.1. The maximum Gasteiger partial charge on any atom is 0.243 e. The molecule has 2 atom stereocenters. The van der Waals surface area contributed by atoms with Gasteiger partial charge in [-0.2, -0.15) is 4.31 Å². The van der Waals surface area contributed by atoms with Crippen molar-refractivity contribution in [1.29, 1.82) is 0 Å². The fourth-order valence-corrected chi connectivity index (χ4v) is 5.10. The smallest absolute Gasteiger partial charge is 0.243 e. The van der Waals surface area contributed by atoms with Crippen LogP contribution in [0.3, 0.4) is 0 Å². The van der Waals surface area contributed by atoms with Crippen molar-refractivity contribution in [3.05, 3.63) is 58.9 Å². The molecule has 1 aromatic carbocycles. The molecule has 31 heavy (non-hydrogen) atoms. The molecular weight excluding hydrogens is 419 g/mol. The van der Waals surface area contributed by atoms with Crippen molar-refractivity contribution >= 4 is 15.9 Å². The number of allylic oxidation sites excluding steroid dienone is 3. The Balaban J connectivity index is 2.21. The number of halogens is 1. The van der Waals surface area contributed by atoms with Crippen LogP contribution in [0.5, 0.6) is 0 Å². The first-order valence-corrected chi connectivity index (χ1v) is 12.0. The van der Waals surface area contributed by atoms with Crippen LogP contribution in [0.15, 0.2) is 42.0 Å². The van der Waals surface area contributed by atoms with Crippen LogP contribution in [0.1, 0.15) is 57.6 Å². The van der Waals surface area contributed by atoms with Crippen LogP contribution in [0, 0.1) is 5.82 Å². The Morgan fingerprint density at radius 3 is 2.61 bits per heavy atom. The molecule has 2 rings (SSSR count). The van der Waals surface area contributed by atoms with Crippen molar-refractivity contribution in [3.63, 3.8) is 0 Å². The molecular formula is C23H33FN2O4S. The monoisotopic (exact) mass is 452 g/mol. The first kappa shape index (κ1) is 25.2. The predicted octanol–water partition coefficient (Wildman–Crippen LogP) is 3.77. The number of carbonyl (C=O) groups is 1. The lowest BCUT2D eigenvalue weighted by atomic mass is 9.90. The summed E-state index contributed by atoms with van der Waals surface area (Å²) in [5.41, 5.74) is 5.93. The summed E-state index contributed by atoms with van der Waals surface area (Å²) in [5.74, 6) is -1.11. The number of sulfonamides is 1. The van der Waals surface area contributed by atoms with Crippen molar-refractivity contribution in [3.8, 4) is 0 Å². The second-order valence-electron chi connectivity index (χ2n) is 8.17. The highest BCUT2D eigenvalue weighted by Crippen LogP contribution is 2.32. The van der Waals surface area contributed by atoms with E-state index in [1.54, 1.807) is 26.0 Å². The lowest BCUT2D eigenvalue weighted by Crippen LogP contribution is -2.35. The molecule has 1 aromatic rings. The number of benzene rings is 1. The van der Waals surface area contributed by atoms with Crippen LogP contribution in [-0.2, 0) is 31.7 Å². The zero-order valence-corrected chi connectivity index (χ0v) is 19.5. The molecule has 1 amide bonds. The van der Waals surface area contributed by atoms with Crippen LogP contribution in [0.25, 0.3) is 0 Å². The van der Waals surface area contributed by atoms with Gasteiger partial charge in [-0.15, -0.1) is 0 Å². The van der Waals surface area contributed by atoms with E-state index in [2.05, 4.69) is 0 Å². The highest BCUT2D eigenvalue weighted by Gasteiger charge is 2.31. The third-order valence-corrected chi connectivity index (χ3v) is 7.85. The minimum Gasteiger partial charge on any atom is -0.368 e. The number of primary amides is 1. The summed E-state index contributed by atoms with van der Waals surface area (Å²) in [6, 6.07) is 4.64. The predicted molar refractivity (Wildman–Crippen MR) is 120 cm³/mol. The zero-order chi connectivity index (χ0) is 23.2. The van der Waals surface area contributed by atoms with Crippen LogP contribution in [0.2, 0.25) is 0 Å². The number of hydrogen-bond donors (Lipinski definition) is 1. The third-order valence-electron chi connectivity index (χ3n) is 5.69.